The van der Waals surface area contributed by atoms with E-state index in [4.69, 9.17) is 9.66 Å². The molecule has 1 amide bonds. The van der Waals surface area contributed by atoms with E-state index in [1.54, 1.807) is 4.90 Å². The number of hydrogen-bond acceptors (Lipinski definition) is 8. The minimum atomic E-state index is -3.79. The minimum Gasteiger partial charge on any atom is -0.338 e. The smallest absolute Gasteiger partial charge is 0.254 e. The fourth-order valence-corrected chi connectivity index (χ4v) is 4.78. The van der Waals surface area contributed by atoms with Crippen LogP contribution >= 0.6 is 11.3 Å². The third-order valence-corrected chi connectivity index (χ3v) is 7.29. The molecule has 2 N–H and O–H groups in total. The molecule has 1 fully saturated rings. The van der Waals surface area contributed by atoms with Crippen LogP contribution in [-0.4, -0.2) is 60.4 Å². The van der Waals surface area contributed by atoms with Crippen molar-refractivity contribution < 1.29 is 17.7 Å². The molecule has 0 saturated carbocycles. The number of piperazine rings is 1. The molecule has 1 aliphatic rings. The lowest BCUT2D eigenvalue weighted by atomic mass is 10.1. The SMILES string of the molecule is Cc1ccc(-c2noc(CN3CCN(C(=O)c4csc(S(N)(=O)=O)c4)CC3)n2)cc1. The lowest BCUT2D eigenvalue weighted by Gasteiger charge is -2.33. The molecule has 4 rings (SSSR count). The Bertz CT molecular complexity index is 1150. The molecule has 9 nitrogen and oxygen atoms in total. The van der Waals surface area contributed by atoms with Gasteiger partial charge in [-0.25, -0.2) is 13.6 Å². The normalized spacial score (nSPS) is 15.5. The maximum absolute atomic E-state index is 12.6. The average molecular weight is 448 g/mol. The summed E-state index contributed by atoms with van der Waals surface area (Å²) < 4.78 is 28.2. The van der Waals surface area contributed by atoms with Crippen LogP contribution < -0.4 is 5.14 Å². The molecule has 30 heavy (non-hydrogen) atoms. The monoisotopic (exact) mass is 447 g/mol. The molecular weight excluding hydrogens is 426 g/mol. The molecule has 2 aromatic heterocycles. The molecule has 3 heterocycles. The maximum atomic E-state index is 12.6. The first-order valence-electron chi connectivity index (χ1n) is 9.32. The summed E-state index contributed by atoms with van der Waals surface area (Å²) >= 11 is 0.954. The molecule has 3 aromatic rings. The highest BCUT2D eigenvalue weighted by atomic mass is 32.2. The summed E-state index contributed by atoms with van der Waals surface area (Å²) in [5, 5.41) is 10.7. The van der Waals surface area contributed by atoms with Gasteiger partial charge in [0.2, 0.25) is 21.7 Å². The summed E-state index contributed by atoms with van der Waals surface area (Å²) in [5.41, 5.74) is 2.41. The number of carbonyl (C=O) groups excluding carboxylic acids is 1. The van der Waals surface area contributed by atoms with E-state index in [1.807, 2.05) is 31.2 Å². The summed E-state index contributed by atoms with van der Waals surface area (Å²) in [7, 11) is -3.79. The largest absolute Gasteiger partial charge is 0.338 e. The van der Waals surface area contributed by atoms with Crippen molar-refractivity contribution in [2.24, 2.45) is 5.14 Å². The fourth-order valence-electron chi connectivity index (χ4n) is 3.20. The van der Waals surface area contributed by atoms with Gasteiger partial charge >= 0.3 is 0 Å². The highest BCUT2D eigenvalue weighted by Crippen LogP contribution is 2.21. The summed E-state index contributed by atoms with van der Waals surface area (Å²) in [6.45, 7) is 4.89. The van der Waals surface area contributed by atoms with Crippen molar-refractivity contribution in [3.63, 3.8) is 0 Å². The highest BCUT2D eigenvalue weighted by Gasteiger charge is 2.25. The Kier molecular flexibility index (Phi) is 5.69. The number of thiophene rings is 1. The predicted molar refractivity (Wildman–Crippen MR) is 111 cm³/mol. The van der Waals surface area contributed by atoms with E-state index in [9.17, 15) is 13.2 Å². The Labute approximate surface area is 178 Å². The van der Waals surface area contributed by atoms with Gasteiger partial charge in [-0.2, -0.15) is 4.98 Å². The van der Waals surface area contributed by atoms with E-state index in [-0.39, 0.29) is 10.1 Å². The van der Waals surface area contributed by atoms with Crippen LogP contribution in [0.4, 0.5) is 0 Å². The zero-order chi connectivity index (χ0) is 21.3. The van der Waals surface area contributed by atoms with Gasteiger partial charge in [0.1, 0.15) is 4.21 Å². The van der Waals surface area contributed by atoms with Crippen molar-refractivity contribution in [1.82, 2.24) is 19.9 Å². The lowest BCUT2D eigenvalue weighted by Crippen LogP contribution is -2.48. The van der Waals surface area contributed by atoms with Gasteiger partial charge in [0.05, 0.1) is 12.1 Å². The van der Waals surface area contributed by atoms with Crippen molar-refractivity contribution >= 4 is 27.3 Å². The first-order valence-corrected chi connectivity index (χ1v) is 11.7. The second kappa shape index (κ2) is 8.26. The predicted octanol–water partition coefficient (Wildman–Crippen LogP) is 1.71. The second-order valence-electron chi connectivity index (χ2n) is 7.15. The van der Waals surface area contributed by atoms with E-state index in [1.165, 1.54) is 17.0 Å². The third kappa shape index (κ3) is 4.59. The molecule has 0 atom stereocenters. The number of hydrogen-bond donors (Lipinski definition) is 1. The van der Waals surface area contributed by atoms with Crippen LogP contribution in [0, 0.1) is 6.92 Å². The van der Waals surface area contributed by atoms with Crippen LogP contribution in [0.1, 0.15) is 21.8 Å². The molecule has 11 heteroatoms. The Morgan fingerprint density at radius 2 is 1.90 bits per heavy atom. The number of nitrogens with zero attached hydrogens (tertiary/aromatic N) is 4. The topological polar surface area (TPSA) is 123 Å². The van der Waals surface area contributed by atoms with Crippen LogP contribution in [-0.2, 0) is 16.6 Å². The Morgan fingerprint density at radius 1 is 1.20 bits per heavy atom. The molecule has 0 bridgehead atoms. The van der Waals surface area contributed by atoms with E-state index >= 15 is 0 Å². The molecule has 1 saturated heterocycles. The second-order valence-corrected chi connectivity index (χ2v) is 9.85. The highest BCUT2D eigenvalue weighted by molar-refractivity contribution is 7.91. The van der Waals surface area contributed by atoms with Crippen molar-refractivity contribution in [3.8, 4) is 11.4 Å². The molecule has 1 aromatic carbocycles. The Morgan fingerprint density at radius 3 is 2.53 bits per heavy atom. The first kappa shape index (κ1) is 20.7. The quantitative estimate of drug-likeness (QED) is 0.632. The van der Waals surface area contributed by atoms with E-state index in [2.05, 4.69) is 15.0 Å². The van der Waals surface area contributed by atoms with Crippen molar-refractivity contribution in [2.75, 3.05) is 26.2 Å². The van der Waals surface area contributed by atoms with E-state index < -0.39 is 10.0 Å². The number of sulfonamides is 1. The standard InChI is InChI=1S/C19H21N5O4S2/c1-13-2-4-14(5-3-13)18-21-16(28-22-18)11-23-6-8-24(9-7-23)19(25)15-10-17(29-12-15)30(20,26)27/h2-5,10,12H,6-9,11H2,1H3,(H2,20,26,27). The van der Waals surface area contributed by atoms with Gasteiger partial charge in [-0.15, -0.1) is 11.3 Å². The zero-order valence-electron chi connectivity index (χ0n) is 16.3. The molecule has 0 unspecified atom stereocenters. The van der Waals surface area contributed by atoms with Crippen molar-refractivity contribution in [2.45, 2.75) is 17.7 Å². The fraction of sp³-hybridized carbons (Fsp3) is 0.316. The van der Waals surface area contributed by atoms with Crippen molar-refractivity contribution in [3.05, 3.63) is 52.7 Å². The third-order valence-electron chi connectivity index (χ3n) is 4.90. The Balaban J connectivity index is 1.33. The number of aromatic nitrogens is 2. The number of aryl methyl sites for hydroxylation is 1. The molecule has 158 valence electrons. The van der Waals surface area contributed by atoms with E-state index in [0.29, 0.717) is 50.0 Å². The van der Waals surface area contributed by atoms with Gasteiger partial charge in [0, 0.05) is 37.1 Å². The first-order chi connectivity index (χ1) is 14.3. The van der Waals surface area contributed by atoms with E-state index in [0.717, 1.165) is 16.9 Å². The van der Waals surface area contributed by atoms with Crippen LogP contribution in [0.2, 0.25) is 0 Å². The maximum Gasteiger partial charge on any atom is 0.254 e. The number of carbonyl (C=O) groups is 1. The van der Waals surface area contributed by atoms with Gasteiger partial charge in [-0.3, -0.25) is 9.69 Å². The van der Waals surface area contributed by atoms with Gasteiger partial charge in [-0.1, -0.05) is 35.0 Å². The number of nitrogens with two attached hydrogens (primary N) is 1. The number of rotatable bonds is 5. The lowest BCUT2D eigenvalue weighted by molar-refractivity contribution is 0.0615. The van der Waals surface area contributed by atoms with Gasteiger partial charge in [-0.05, 0) is 13.0 Å². The number of amides is 1. The van der Waals surface area contributed by atoms with Gasteiger partial charge in [0.25, 0.3) is 5.91 Å². The average Bonchev–Trinajstić information content (AvgIpc) is 3.38. The summed E-state index contributed by atoms with van der Waals surface area (Å²) in [6.07, 6.45) is 0. The number of primary sulfonamides is 1. The zero-order valence-corrected chi connectivity index (χ0v) is 17.9. The van der Waals surface area contributed by atoms with Crippen LogP contribution in [0.15, 0.2) is 44.4 Å². The molecule has 1 aliphatic heterocycles. The molecule has 0 radical (unpaired) electrons. The van der Waals surface area contributed by atoms with Crippen LogP contribution in [0.3, 0.4) is 0 Å². The van der Waals surface area contributed by atoms with Gasteiger partial charge < -0.3 is 9.42 Å². The number of benzene rings is 1. The van der Waals surface area contributed by atoms with Crippen LogP contribution in [0.25, 0.3) is 11.4 Å². The van der Waals surface area contributed by atoms with Crippen molar-refractivity contribution in [1.29, 1.82) is 0 Å². The molecule has 0 aliphatic carbocycles. The molecular formula is C19H21N5O4S2. The summed E-state index contributed by atoms with van der Waals surface area (Å²) in [4.78, 5) is 20.9. The Hall–Kier alpha value is -2.60. The van der Waals surface area contributed by atoms with Gasteiger partial charge in [0.15, 0.2) is 0 Å². The summed E-state index contributed by atoms with van der Waals surface area (Å²) in [6, 6.07) is 9.25. The van der Waals surface area contributed by atoms with Crippen LogP contribution in [0.5, 0.6) is 0 Å². The molecule has 0 spiro atoms. The summed E-state index contributed by atoms with van der Waals surface area (Å²) in [5.74, 6) is 0.892. The minimum absolute atomic E-state index is 0.00902.